The fourth-order valence-electron chi connectivity index (χ4n) is 2.03. The molecule has 6 heteroatoms. The summed E-state index contributed by atoms with van der Waals surface area (Å²) in [7, 11) is 1.58. The second-order valence-electron chi connectivity index (χ2n) is 4.77. The van der Waals surface area contributed by atoms with Crippen molar-refractivity contribution in [1.29, 1.82) is 0 Å². The number of ether oxygens (including phenoxy) is 1. The molecule has 2 aromatic rings. The maximum atomic E-state index is 12.0. The number of hydrogen-bond donors (Lipinski definition) is 3. The Labute approximate surface area is 141 Å². The first-order chi connectivity index (χ1) is 11.1. The molecule has 0 bridgehead atoms. The highest BCUT2D eigenvalue weighted by Crippen LogP contribution is 2.15. The molecule has 120 valence electrons. The molecular formula is C17H19N3O2S. The van der Waals surface area contributed by atoms with Gasteiger partial charge in [0.05, 0.1) is 7.11 Å². The Bertz CT molecular complexity index is 686. The number of benzene rings is 2. The molecule has 2 aromatic carbocycles. The number of hydrazine groups is 1. The Balaban J connectivity index is 1.89. The second-order valence-corrected chi connectivity index (χ2v) is 5.18. The number of carbonyl (C=O) groups excluding carboxylic acids is 1. The average Bonchev–Trinajstić information content (AvgIpc) is 2.60. The smallest absolute Gasteiger partial charge is 0.269 e. The Morgan fingerprint density at radius 3 is 2.43 bits per heavy atom. The SMILES string of the molecule is CCc1ccccc1NC(=S)NNC(=O)c1ccc(OC)cc1. The van der Waals surface area contributed by atoms with Crippen molar-refractivity contribution in [3.63, 3.8) is 0 Å². The molecule has 0 aliphatic carbocycles. The lowest BCUT2D eigenvalue weighted by Gasteiger charge is -2.14. The van der Waals surface area contributed by atoms with E-state index in [1.54, 1.807) is 31.4 Å². The lowest BCUT2D eigenvalue weighted by molar-refractivity contribution is 0.0944. The van der Waals surface area contributed by atoms with Crippen molar-refractivity contribution < 1.29 is 9.53 Å². The number of rotatable bonds is 4. The summed E-state index contributed by atoms with van der Waals surface area (Å²) in [5.41, 5.74) is 7.84. The van der Waals surface area contributed by atoms with Crippen molar-refractivity contribution in [2.45, 2.75) is 13.3 Å². The minimum atomic E-state index is -0.277. The van der Waals surface area contributed by atoms with Gasteiger partial charge in [-0.3, -0.25) is 15.6 Å². The van der Waals surface area contributed by atoms with E-state index in [1.807, 2.05) is 24.3 Å². The monoisotopic (exact) mass is 329 g/mol. The highest BCUT2D eigenvalue weighted by molar-refractivity contribution is 7.80. The Morgan fingerprint density at radius 1 is 1.09 bits per heavy atom. The van der Waals surface area contributed by atoms with Crippen LogP contribution in [0.15, 0.2) is 48.5 Å². The van der Waals surface area contributed by atoms with Gasteiger partial charge in [-0.05, 0) is 54.5 Å². The van der Waals surface area contributed by atoms with Gasteiger partial charge in [-0.25, -0.2) is 0 Å². The molecule has 3 N–H and O–H groups in total. The van der Waals surface area contributed by atoms with Gasteiger partial charge in [0.1, 0.15) is 5.75 Å². The summed E-state index contributed by atoms with van der Waals surface area (Å²) in [5, 5.41) is 3.40. The van der Waals surface area contributed by atoms with E-state index < -0.39 is 0 Å². The third-order valence-electron chi connectivity index (χ3n) is 3.29. The quantitative estimate of drug-likeness (QED) is 0.595. The van der Waals surface area contributed by atoms with E-state index in [1.165, 1.54) is 0 Å². The number of thiocarbonyl (C=S) groups is 1. The van der Waals surface area contributed by atoms with Gasteiger partial charge in [0.2, 0.25) is 0 Å². The van der Waals surface area contributed by atoms with Crippen LogP contribution in [0.1, 0.15) is 22.8 Å². The van der Waals surface area contributed by atoms with Gasteiger partial charge in [-0.1, -0.05) is 25.1 Å². The molecule has 0 aliphatic heterocycles. The third-order valence-corrected chi connectivity index (χ3v) is 3.49. The molecule has 5 nitrogen and oxygen atoms in total. The fraction of sp³-hybridized carbons (Fsp3) is 0.176. The van der Waals surface area contributed by atoms with Crippen molar-refractivity contribution >= 4 is 28.9 Å². The molecule has 2 rings (SSSR count). The summed E-state index contributed by atoms with van der Waals surface area (Å²) in [6.45, 7) is 2.07. The molecule has 0 unspecified atom stereocenters. The van der Waals surface area contributed by atoms with Crippen LogP contribution < -0.4 is 20.9 Å². The summed E-state index contributed by atoms with van der Waals surface area (Å²) >= 11 is 5.19. The normalized spacial score (nSPS) is 9.83. The van der Waals surface area contributed by atoms with Crippen molar-refractivity contribution in [3.8, 4) is 5.75 Å². The summed E-state index contributed by atoms with van der Waals surface area (Å²) in [6.07, 6.45) is 0.893. The molecule has 23 heavy (non-hydrogen) atoms. The topological polar surface area (TPSA) is 62.4 Å². The van der Waals surface area contributed by atoms with Crippen molar-refractivity contribution in [3.05, 3.63) is 59.7 Å². The molecule has 0 aliphatic rings. The lowest BCUT2D eigenvalue weighted by atomic mass is 10.1. The summed E-state index contributed by atoms with van der Waals surface area (Å²) in [4.78, 5) is 12.0. The minimum absolute atomic E-state index is 0.277. The number of nitrogens with one attached hydrogen (secondary N) is 3. The second kappa shape index (κ2) is 8.14. The van der Waals surface area contributed by atoms with E-state index >= 15 is 0 Å². The van der Waals surface area contributed by atoms with Crippen LogP contribution in [0, 0.1) is 0 Å². The van der Waals surface area contributed by atoms with Crippen LogP contribution in [-0.2, 0) is 6.42 Å². The fourth-order valence-corrected chi connectivity index (χ4v) is 2.19. The number of aryl methyl sites for hydroxylation is 1. The van der Waals surface area contributed by atoms with Crippen LogP contribution in [0.3, 0.4) is 0 Å². The van der Waals surface area contributed by atoms with Crippen LogP contribution in [0.4, 0.5) is 5.69 Å². The average molecular weight is 329 g/mol. The van der Waals surface area contributed by atoms with Crippen LogP contribution >= 0.6 is 12.2 Å². The number of carbonyl (C=O) groups is 1. The molecule has 0 saturated heterocycles. The molecule has 1 amide bonds. The Kier molecular flexibility index (Phi) is 5.94. The van der Waals surface area contributed by atoms with E-state index in [0.29, 0.717) is 16.4 Å². The molecule has 0 spiro atoms. The molecule has 0 radical (unpaired) electrons. The maximum Gasteiger partial charge on any atom is 0.269 e. The molecular weight excluding hydrogens is 310 g/mol. The van der Waals surface area contributed by atoms with E-state index in [9.17, 15) is 4.79 Å². The van der Waals surface area contributed by atoms with Crippen molar-refractivity contribution in [2.24, 2.45) is 0 Å². The summed E-state index contributed by atoms with van der Waals surface area (Å²) in [6, 6.07) is 14.7. The van der Waals surface area contributed by atoms with Crippen molar-refractivity contribution in [1.82, 2.24) is 10.9 Å². The van der Waals surface area contributed by atoms with Crippen molar-refractivity contribution in [2.75, 3.05) is 12.4 Å². The lowest BCUT2D eigenvalue weighted by Crippen LogP contribution is -2.43. The molecule has 0 heterocycles. The van der Waals surface area contributed by atoms with Gasteiger partial charge in [-0.15, -0.1) is 0 Å². The first-order valence-corrected chi connectivity index (χ1v) is 7.64. The predicted molar refractivity (Wildman–Crippen MR) is 95.6 cm³/mol. The van der Waals surface area contributed by atoms with Gasteiger partial charge >= 0.3 is 0 Å². The van der Waals surface area contributed by atoms with Gasteiger partial charge in [0.15, 0.2) is 5.11 Å². The number of anilines is 1. The largest absolute Gasteiger partial charge is 0.497 e. The first kappa shape index (κ1) is 16.8. The zero-order valence-corrected chi connectivity index (χ0v) is 13.9. The third kappa shape index (κ3) is 4.69. The number of para-hydroxylation sites is 1. The molecule has 0 aromatic heterocycles. The number of methoxy groups -OCH3 is 1. The van der Waals surface area contributed by atoms with E-state index in [4.69, 9.17) is 17.0 Å². The van der Waals surface area contributed by atoms with Gasteiger partial charge < -0.3 is 10.1 Å². The summed E-state index contributed by atoms with van der Waals surface area (Å²) < 4.78 is 5.06. The first-order valence-electron chi connectivity index (χ1n) is 7.23. The van der Waals surface area contributed by atoms with Gasteiger partial charge in [0.25, 0.3) is 5.91 Å². The predicted octanol–water partition coefficient (Wildman–Crippen LogP) is 2.89. The highest BCUT2D eigenvalue weighted by Gasteiger charge is 2.07. The number of hydrogen-bond acceptors (Lipinski definition) is 3. The molecule has 0 fully saturated rings. The summed E-state index contributed by atoms with van der Waals surface area (Å²) in [5.74, 6) is 0.420. The molecule has 0 saturated carbocycles. The van der Waals surface area contributed by atoms with Gasteiger partial charge in [-0.2, -0.15) is 0 Å². The highest BCUT2D eigenvalue weighted by atomic mass is 32.1. The van der Waals surface area contributed by atoms with Crippen LogP contribution in [-0.4, -0.2) is 18.1 Å². The zero-order valence-electron chi connectivity index (χ0n) is 13.1. The van der Waals surface area contributed by atoms with Crippen LogP contribution in [0.5, 0.6) is 5.75 Å². The van der Waals surface area contributed by atoms with Crippen LogP contribution in [0.25, 0.3) is 0 Å². The molecule has 0 atom stereocenters. The van der Waals surface area contributed by atoms with Gasteiger partial charge in [0, 0.05) is 11.3 Å². The minimum Gasteiger partial charge on any atom is -0.497 e. The van der Waals surface area contributed by atoms with E-state index in [0.717, 1.165) is 17.7 Å². The Hall–Kier alpha value is -2.60. The maximum absolute atomic E-state index is 12.0. The van der Waals surface area contributed by atoms with Crippen LogP contribution in [0.2, 0.25) is 0 Å². The van der Waals surface area contributed by atoms with E-state index in [-0.39, 0.29) is 5.91 Å². The Morgan fingerprint density at radius 2 is 1.78 bits per heavy atom. The standard InChI is InChI=1S/C17H19N3O2S/c1-3-12-6-4-5-7-15(12)18-17(23)20-19-16(21)13-8-10-14(22-2)11-9-13/h4-11H,3H2,1-2H3,(H,19,21)(H2,18,20,23). The van der Waals surface area contributed by atoms with E-state index in [2.05, 4.69) is 23.1 Å². The zero-order chi connectivity index (χ0) is 16.7. The number of amides is 1.